The number of benzene rings is 2. The van der Waals surface area contributed by atoms with Crippen molar-refractivity contribution >= 4 is 40.7 Å². The number of fused-ring (bicyclic) bond motifs is 1. The largest absolute Gasteiger partial charge is 0.376 e. The quantitative estimate of drug-likeness (QED) is 0.336. The third kappa shape index (κ3) is 5.39. The molecule has 3 amide bonds. The fourth-order valence-electron chi connectivity index (χ4n) is 4.75. The minimum Gasteiger partial charge on any atom is -0.376 e. The van der Waals surface area contributed by atoms with E-state index in [1.807, 2.05) is 26.8 Å². The van der Waals surface area contributed by atoms with Crippen LogP contribution in [0.15, 0.2) is 54.1 Å². The Balaban J connectivity index is 1.38. The second-order valence-corrected chi connectivity index (χ2v) is 9.71. The van der Waals surface area contributed by atoms with Crippen molar-refractivity contribution in [1.29, 1.82) is 0 Å². The Morgan fingerprint density at radius 2 is 1.87 bits per heavy atom. The Hall–Kier alpha value is -4.50. The number of aromatic amines is 1. The normalized spacial score (nSPS) is 16.4. The fraction of sp³-hybridized carbons (Fsp3) is 0.233. The standard InChI is InChI=1S/C30H29FN4O4/c1-16-26(32-18(3)27(16)35-29(37)21-5-4-12-39-15-21)14-24-23-13-20(8-11-25(23)34-30(24)38)28(36)33-17(2)19-6-9-22(31)10-7-19/h5-11,13-14,17,32H,4,12,15H2,1-3H3,(H,33,36)(H,34,38)(H,35,37)/b24-14-/t17-/m1/s1. The Morgan fingerprint density at radius 1 is 1.10 bits per heavy atom. The lowest BCUT2D eigenvalue weighted by Crippen LogP contribution is -2.26. The monoisotopic (exact) mass is 528 g/mol. The molecule has 5 rings (SSSR count). The molecule has 2 aliphatic rings. The Bertz CT molecular complexity index is 1530. The van der Waals surface area contributed by atoms with Gasteiger partial charge in [-0.25, -0.2) is 4.39 Å². The first-order valence-corrected chi connectivity index (χ1v) is 12.7. The first-order valence-electron chi connectivity index (χ1n) is 12.7. The zero-order chi connectivity index (χ0) is 27.7. The molecule has 200 valence electrons. The molecule has 3 aromatic rings. The van der Waals surface area contributed by atoms with Crippen molar-refractivity contribution in [2.45, 2.75) is 33.2 Å². The van der Waals surface area contributed by atoms with Crippen LogP contribution in [0.2, 0.25) is 0 Å². The van der Waals surface area contributed by atoms with Gasteiger partial charge in [0.25, 0.3) is 17.7 Å². The molecule has 2 aliphatic heterocycles. The molecule has 39 heavy (non-hydrogen) atoms. The van der Waals surface area contributed by atoms with E-state index in [0.29, 0.717) is 52.4 Å². The maximum atomic E-state index is 13.3. The SMILES string of the molecule is Cc1[nH]c(/C=C2\C(=O)Nc3ccc(C(=O)N[C@H](C)c4ccc(F)cc4)cc32)c(C)c1NC(=O)C1=CCCOC1. The summed E-state index contributed by atoms with van der Waals surface area (Å²) in [5.41, 5.74) is 6.23. The van der Waals surface area contributed by atoms with Crippen molar-refractivity contribution in [1.82, 2.24) is 10.3 Å². The molecule has 1 aromatic heterocycles. The lowest BCUT2D eigenvalue weighted by molar-refractivity contribution is -0.113. The second kappa shape index (κ2) is 10.7. The van der Waals surface area contributed by atoms with Crippen LogP contribution < -0.4 is 16.0 Å². The number of H-pyrrole nitrogens is 1. The van der Waals surface area contributed by atoms with Gasteiger partial charge in [-0.15, -0.1) is 0 Å². The average molecular weight is 529 g/mol. The number of nitrogens with one attached hydrogen (secondary N) is 4. The number of ether oxygens (including phenoxy) is 1. The first-order chi connectivity index (χ1) is 18.7. The number of carbonyl (C=O) groups is 3. The number of aromatic nitrogens is 1. The summed E-state index contributed by atoms with van der Waals surface area (Å²) in [6.45, 7) is 6.42. The number of hydrogen-bond donors (Lipinski definition) is 4. The van der Waals surface area contributed by atoms with Crippen LogP contribution >= 0.6 is 0 Å². The van der Waals surface area contributed by atoms with E-state index in [1.165, 1.54) is 12.1 Å². The fourth-order valence-corrected chi connectivity index (χ4v) is 4.75. The van der Waals surface area contributed by atoms with Crippen LogP contribution in [0.5, 0.6) is 0 Å². The van der Waals surface area contributed by atoms with Crippen LogP contribution in [-0.2, 0) is 14.3 Å². The summed E-state index contributed by atoms with van der Waals surface area (Å²) in [5, 5.41) is 8.72. The molecule has 0 radical (unpaired) electrons. The van der Waals surface area contributed by atoms with Crippen LogP contribution in [0.25, 0.3) is 11.6 Å². The molecule has 3 heterocycles. The number of carbonyl (C=O) groups excluding carboxylic acids is 3. The minimum absolute atomic E-state index is 0.214. The molecule has 0 bridgehead atoms. The van der Waals surface area contributed by atoms with Crippen molar-refractivity contribution in [2.24, 2.45) is 0 Å². The smallest absolute Gasteiger partial charge is 0.256 e. The maximum absolute atomic E-state index is 13.3. The summed E-state index contributed by atoms with van der Waals surface area (Å²) in [6.07, 6.45) is 4.31. The van der Waals surface area contributed by atoms with Crippen molar-refractivity contribution in [3.63, 3.8) is 0 Å². The summed E-state index contributed by atoms with van der Waals surface area (Å²) < 4.78 is 18.6. The molecule has 0 saturated heterocycles. The molecule has 0 unspecified atom stereocenters. The highest BCUT2D eigenvalue weighted by Gasteiger charge is 2.27. The van der Waals surface area contributed by atoms with Crippen LogP contribution in [0.4, 0.5) is 15.8 Å². The Labute approximate surface area is 225 Å². The number of halogens is 1. The van der Waals surface area contributed by atoms with E-state index in [1.54, 1.807) is 36.4 Å². The van der Waals surface area contributed by atoms with Gasteiger partial charge in [-0.1, -0.05) is 18.2 Å². The van der Waals surface area contributed by atoms with Crippen LogP contribution in [0.1, 0.15) is 57.8 Å². The first kappa shape index (κ1) is 26.1. The Morgan fingerprint density at radius 3 is 2.59 bits per heavy atom. The van der Waals surface area contributed by atoms with E-state index in [0.717, 1.165) is 16.8 Å². The van der Waals surface area contributed by atoms with Gasteiger partial charge in [-0.05, 0) is 74.7 Å². The third-order valence-electron chi connectivity index (χ3n) is 6.99. The molecule has 0 aliphatic carbocycles. The maximum Gasteiger partial charge on any atom is 0.256 e. The van der Waals surface area contributed by atoms with Crippen molar-refractivity contribution < 1.29 is 23.5 Å². The van der Waals surface area contributed by atoms with E-state index >= 15 is 0 Å². The topological polar surface area (TPSA) is 112 Å². The zero-order valence-electron chi connectivity index (χ0n) is 21.9. The van der Waals surface area contributed by atoms with Gasteiger partial charge in [0.2, 0.25) is 0 Å². The van der Waals surface area contributed by atoms with Gasteiger partial charge < -0.3 is 25.7 Å². The van der Waals surface area contributed by atoms with Gasteiger partial charge in [-0.2, -0.15) is 0 Å². The van der Waals surface area contributed by atoms with Crippen LogP contribution in [0, 0.1) is 19.7 Å². The molecule has 0 spiro atoms. The molecule has 1 atom stereocenters. The highest BCUT2D eigenvalue weighted by Crippen LogP contribution is 2.35. The van der Waals surface area contributed by atoms with E-state index in [9.17, 15) is 18.8 Å². The van der Waals surface area contributed by atoms with Gasteiger partial charge in [-0.3, -0.25) is 14.4 Å². The number of aryl methyl sites for hydroxylation is 1. The van der Waals surface area contributed by atoms with E-state index in [4.69, 9.17) is 4.74 Å². The highest BCUT2D eigenvalue weighted by atomic mass is 19.1. The predicted molar refractivity (Wildman–Crippen MR) is 148 cm³/mol. The number of anilines is 2. The predicted octanol–water partition coefficient (Wildman–Crippen LogP) is 5.04. The molecular formula is C30H29FN4O4. The number of rotatable bonds is 6. The summed E-state index contributed by atoms with van der Waals surface area (Å²) in [5.74, 6) is -1.16. The molecule has 2 aromatic carbocycles. The lowest BCUT2D eigenvalue weighted by atomic mass is 10.0. The average Bonchev–Trinajstić information content (AvgIpc) is 3.38. The minimum atomic E-state index is -0.342. The van der Waals surface area contributed by atoms with Crippen molar-refractivity contribution in [3.8, 4) is 0 Å². The van der Waals surface area contributed by atoms with Crippen LogP contribution in [0.3, 0.4) is 0 Å². The third-order valence-corrected chi connectivity index (χ3v) is 6.99. The molecule has 8 nitrogen and oxygen atoms in total. The second-order valence-electron chi connectivity index (χ2n) is 9.71. The number of amides is 3. The van der Waals surface area contributed by atoms with Gasteiger partial charge in [0.05, 0.1) is 30.5 Å². The summed E-state index contributed by atoms with van der Waals surface area (Å²) >= 11 is 0. The molecule has 0 fully saturated rings. The van der Waals surface area contributed by atoms with Crippen molar-refractivity contribution in [2.75, 3.05) is 23.8 Å². The van der Waals surface area contributed by atoms with Crippen LogP contribution in [-0.4, -0.2) is 35.9 Å². The summed E-state index contributed by atoms with van der Waals surface area (Å²) in [6, 6.07) is 10.6. The van der Waals surface area contributed by atoms with Gasteiger partial charge in [0, 0.05) is 33.8 Å². The molecule has 9 heteroatoms. The Kier molecular flexibility index (Phi) is 7.17. The van der Waals surface area contributed by atoms with Gasteiger partial charge >= 0.3 is 0 Å². The van der Waals surface area contributed by atoms with E-state index < -0.39 is 0 Å². The summed E-state index contributed by atoms with van der Waals surface area (Å²) in [7, 11) is 0. The molecule has 0 saturated carbocycles. The summed E-state index contributed by atoms with van der Waals surface area (Å²) in [4.78, 5) is 41.9. The van der Waals surface area contributed by atoms with E-state index in [2.05, 4.69) is 20.9 Å². The van der Waals surface area contributed by atoms with Gasteiger partial charge in [0.1, 0.15) is 5.82 Å². The zero-order valence-corrected chi connectivity index (χ0v) is 21.9. The molecule has 4 N–H and O–H groups in total. The van der Waals surface area contributed by atoms with Crippen molar-refractivity contribution in [3.05, 3.63) is 93.6 Å². The number of hydrogen-bond acceptors (Lipinski definition) is 4. The lowest BCUT2D eigenvalue weighted by Gasteiger charge is -2.15. The van der Waals surface area contributed by atoms with E-state index in [-0.39, 0.29) is 36.2 Å². The van der Waals surface area contributed by atoms with Gasteiger partial charge in [0.15, 0.2) is 0 Å². The molecular weight excluding hydrogens is 499 g/mol. The highest BCUT2D eigenvalue weighted by molar-refractivity contribution is 6.35.